The number of allylic oxidation sites excluding steroid dienone is 3. The van der Waals surface area contributed by atoms with Gasteiger partial charge in [0.1, 0.15) is 5.82 Å². The number of carbonyl (C=O) groups is 1. The van der Waals surface area contributed by atoms with Gasteiger partial charge in [-0.05, 0) is 34.4 Å². The Labute approximate surface area is 200 Å². The minimum absolute atomic E-state index is 0.0549. The highest BCUT2D eigenvalue weighted by atomic mass is 32.2. The second-order valence-electron chi connectivity index (χ2n) is 9.14. The van der Waals surface area contributed by atoms with Gasteiger partial charge in [0.2, 0.25) is 5.13 Å². The molecule has 0 saturated heterocycles. The van der Waals surface area contributed by atoms with Crippen LogP contribution in [0.4, 0.5) is 5.13 Å². The zero-order valence-electron chi connectivity index (χ0n) is 18.6. The van der Waals surface area contributed by atoms with E-state index in [0.717, 1.165) is 26.4 Å². The predicted octanol–water partition coefficient (Wildman–Crippen LogP) is 5.35. The molecule has 1 aliphatic carbocycles. The molecule has 1 unspecified atom stereocenters. The van der Waals surface area contributed by atoms with Gasteiger partial charge in [-0.25, -0.2) is 0 Å². The molecule has 166 valence electrons. The number of nitrogens with zero attached hydrogens (tertiary/aromatic N) is 4. The van der Waals surface area contributed by atoms with Crippen LogP contribution in [0.15, 0.2) is 69.5 Å². The van der Waals surface area contributed by atoms with Crippen LogP contribution in [-0.4, -0.2) is 22.2 Å². The summed E-state index contributed by atoms with van der Waals surface area (Å²) < 4.78 is 0.802. The number of benzene rings is 2. The van der Waals surface area contributed by atoms with Crippen LogP contribution >= 0.6 is 23.1 Å². The number of aromatic nitrogens is 2. The first-order valence-electron chi connectivity index (χ1n) is 10.7. The summed E-state index contributed by atoms with van der Waals surface area (Å²) in [5.41, 5.74) is 9.19. The molecule has 0 fully saturated rings. The van der Waals surface area contributed by atoms with E-state index >= 15 is 0 Å². The highest BCUT2D eigenvalue weighted by Crippen LogP contribution is 2.50. The fourth-order valence-corrected chi connectivity index (χ4v) is 6.12. The Hall–Kier alpha value is -3.15. The first kappa shape index (κ1) is 21.7. The zero-order chi connectivity index (χ0) is 23.3. The normalized spacial score (nSPS) is 20.2. The lowest BCUT2D eigenvalue weighted by molar-refractivity contribution is -0.118. The minimum atomic E-state index is -0.498. The molecule has 1 atom stereocenters. The number of thioether (sulfide) groups is 1. The van der Waals surface area contributed by atoms with E-state index in [2.05, 4.69) is 42.2 Å². The average Bonchev–Trinajstić information content (AvgIpc) is 3.26. The van der Waals surface area contributed by atoms with Crippen LogP contribution in [0.5, 0.6) is 0 Å². The molecule has 2 aliphatic rings. The molecule has 5 rings (SSSR count). The van der Waals surface area contributed by atoms with Crippen LogP contribution in [0.2, 0.25) is 0 Å². The SMILES string of the molecule is CSc1nnc(N2C(N)=C(C#N)C(c3ccc4ccccc4c3)C3=C2CC(C)(C)CC3=O)s1. The Kier molecular flexibility index (Phi) is 5.26. The van der Waals surface area contributed by atoms with Crippen LogP contribution in [-0.2, 0) is 4.79 Å². The number of hydrogen-bond donors (Lipinski definition) is 1. The van der Waals surface area contributed by atoms with E-state index < -0.39 is 5.92 Å². The molecular weight excluding hydrogens is 450 g/mol. The fraction of sp³-hybridized carbons (Fsp3) is 0.280. The van der Waals surface area contributed by atoms with Gasteiger partial charge in [0.15, 0.2) is 10.1 Å². The minimum Gasteiger partial charge on any atom is -0.384 e. The maximum atomic E-state index is 13.6. The van der Waals surface area contributed by atoms with Gasteiger partial charge in [-0.2, -0.15) is 5.26 Å². The van der Waals surface area contributed by atoms with Gasteiger partial charge in [-0.3, -0.25) is 9.69 Å². The lowest BCUT2D eigenvalue weighted by atomic mass is 9.68. The molecule has 8 heteroatoms. The summed E-state index contributed by atoms with van der Waals surface area (Å²) in [5, 5.41) is 21.5. The molecule has 1 aromatic heterocycles. The van der Waals surface area contributed by atoms with E-state index in [4.69, 9.17) is 5.73 Å². The number of hydrogen-bond acceptors (Lipinski definition) is 8. The third kappa shape index (κ3) is 3.62. The number of fused-ring (bicyclic) bond motifs is 1. The predicted molar refractivity (Wildman–Crippen MR) is 133 cm³/mol. The third-order valence-electron chi connectivity index (χ3n) is 6.25. The molecule has 6 nitrogen and oxygen atoms in total. The Bertz CT molecular complexity index is 1400. The van der Waals surface area contributed by atoms with Crippen molar-refractivity contribution in [2.75, 3.05) is 11.2 Å². The highest BCUT2D eigenvalue weighted by molar-refractivity contribution is 8.00. The van der Waals surface area contributed by atoms with E-state index in [0.29, 0.717) is 34.9 Å². The fourth-order valence-electron chi connectivity index (χ4n) is 4.82. The van der Waals surface area contributed by atoms with Crippen molar-refractivity contribution in [1.82, 2.24) is 10.2 Å². The first-order valence-corrected chi connectivity index (χ1v) is 12.7. The van der Waals surface area contributed by atoms with Crippen LogP contribution in [0, 0.1) is 16.7 Å². The summed E-state index contributed by atoms with van der Waals surface area (Å²) in [5.74, 6) is -0.120. The number of nitriles is 1. The van der Waals surface area contributed by atoms with Crippen molar-refractivity contribution in [1.29, 1.82) is 5.26 Å². The molecule has 0 saturated carbocycles. The summed E-state index contributed by atoms with van der Waals surface area (Å²) >= 11 is 2.91. The molecular formula is C25H23N5OS2. The molecule has 1 aliphatic heterocycles. The second kappa shape index (κ2) is 8.01. The molecule has 2 aromatic carbocycles. The largest absolute Gasteiger partial charge is 0.384 e. The molecule has 0 amide bonds. The number of Topliss-reactive ketones (excluding diaryl/α,β-unsaturated/α-hetero) is 1. The number of anilines is 1. The number of carbonyl (C=O) groups excluding carboxylic acids is 1. The van der Waals surface area contributed by atoms with Gasteiger partial charge in [-0.15, -0.1) is 10.2 Å². The number of rotatable bonds is 3. The summed E-state index contributed by atoms with van der Waals surface area (Å²) in [6.07, 6.45) is 3.02. The van der Waals surface area contributed by atoms with E-state index in [9.17, 15) is 10.1 Å². The van der Waals surface area contributed by atoms with Crippen LogP contribution in [0.1, 0.15) is 38.2 Å². The first-order chi connectivity index (χ1) is 15.8. The van der Waals surface area contributed by atoms with Crippen molar-refractivity contribution in [2.24, 2.45) is 11.1 Å². The second-order valence-corrected chi connectivity index (χ2v) is 11.2. The van der Waals surface area contributed by atoms with Crippen LogP contribution in [0.25, 0.3) is 10.8 Å². The Morgan fingerprint density at radius 3 is 2.64 bits per heavy atom. The monoisotopic (exact) mass is 473 g/mol. The van der Waals surface area contributed by atoms with Crippen molar-refractivity contribution >= 4 is 44.8 Å². The summed E-state index contributed by atoms with van der Waals surface area (Å²) in [4.78, 5) is 15.4. The van der Waals surface area contributed by atoms with Crippen LogP contribution < -0.4 is 10.6 Å². The standard InChI is InChI=1S/C25H23N5OS2/c1-25(2)11-18-21(19(31)12-25)20(16-9-8-14-6-4-5-7-15(14)10-16)17(13-26)22(27)30(18)23-28-29-24(32-3)33-23/h4-10,20H,11-12,27H2,1-3H3. The lowest BCUT2D eigenvalue weighted by Crippen LogP contribution is -2.42. The summed E-state index contributed by atoms with van der Waals surface area (Å²) in [6, 6.07) is 16.5. The van der Waals surface area contributed by atoms with Gasteiger partial charge in [0.05, 0.1) is 17.6 Å². The van der Waals surface area contributed by atoms with E-state index in [1.807, 2.05) is 36.6 Å². The Morgan fingerprint density at radius 2 is 1.94 bits per heavy atom. The van der Waals surface area contributed by atoms with Gasteiger partial charge in [-0.1, -0.05) is 79.4 Å². The smallest absolute Gasteiger partial charge is 0.219 e. The molecule has 0 radical (unpaired) electrons. The van der Waals surface area contributed by atoms with Gasteiger partial charge in [0, 0.05) is 17.7 Å². The van der Waals surface area contributed by atoms with Crippen LogP contribution in [0.3, 0.4) is 0 Å². The van der Waals surface area contributed by atoms with Gasteiger partial charge in [0.25, 0.3) is 0 Å². The molecule has 3 aromatic rings. The topological polar surface area (TPSA) is 95.9 Å². The van der Waals surface area contributed by atoms with E-state index in [1.54, 1.807) is 4.90 Å². The highest BCUT2D eigenvalue weighted by Gasteiger charge is 2.45. The van der Waals surface area contributed by atoms with Crippen molar-refractivity contribution in [3.8, 4) is 6.07 Å². The Morgan fingerprint density at radius 1 is 1.18 bits per heavy atom. The molecule has 2 N–H and O–H groups in total. The molecule has 2 heterocycles. The van der Waals surface area contributed by atoms with Crippen molar-refractivity contribution < 1.29 is 4.79 Å². The molecule has 0 spiro atoms. The van der Waals surface area contributed by atoms with Gasteiger partial charge < -0.3 is 5.73 Å². The lowest BCUT2D eigenvalue weighted by Gasteiger charge is -2.42. The van der Waals surface area contributed by atoms with Crippen molar-refractivity contribution in [2.45, 2.75) is 36.9 Å². The summed E-state index contributed by atoms with van der Waals surface area (Å²) in [6.45, 7) is 4.18. The maximum Gasteiger partial charge on any atom is 0.219 e. The van der Waals surface area contributed by atoms with Crippen molar-refractivity contribution in [3.05, 3.63) is 70.7 Å². The summed E-state index contributed by atoms with van der Waals surface area (Å²) in [7, 11) is 0. The van der Waals surface area contributed by atoms with Crippen molar-refractivity contribution in [3.63, 3.8) is 0 Å². The molecule has 0 bridgehead atoms. The van der Waals surface area contributed by atoms with Gasteiger partial charge >= 0.3 is 0 Å². The zero-order valence-corrected chi connectivity index (χ0v) is 20.3. The Balaban J connectivity index is 1.76. The number of nitrogens with two attached hydrogens (primary N) is 1. The van der Waals surface area contributed by atoms with E-state index in [-0.39, 0.29) is 11.2 Å². The molecule has 33 heavy (non-hydrogen) atoms. The maximum absolute atomic E-state index is 13.6. The number of ketones is 1. The average molecular weight is 474 g/mol. The third-order valence-corrected chi connectivity index (χ3v) is 8.13. The van der Waals surface area contributed by atoms with E-state index in [1.165, 1.54) is 23.1 Å². The quantitative estimate of drug-likeness (QED) is 0.512.